The average molecular weight is 638 g/mol. The van der Waals surface area contributed by atoms with Gasteiger partial charge in [-0.2, -0.15) is 0 Å². The molecule has 3 N–H and O–H groups in total. The average Bonchev–Trinajstić information content (AvgIpc) is 3.51. The van der Waals surface area contributed by atoms with Crippen molar-refractivity contribution in [1.82, 2.24) is 9.55 Å². The molecular weight excluding hydrogens is 606 g/mol. The fourth-order valence-corrected chi connectivity index (χ4v) is 7.31. The number of rotatable bonds is 7. The maximum absolute atomic E-state index is 15.2. The SMILES string of the molecule is COc1ccc([C@@]23Oc4cc(O)cc(OC)c4[C@]2(O)c2nc(Nc4ccccc4)n(-c4ccccc4)c(=O)c2[C@H]3c2ccccc2)cc1. The van der Waals surface area contributed by atoms with Crippen LogP contribution in [0.15, 0.2) is 132 Å². The number of aromatic nitrogens is 2. The maximum atomic E-state index is 15.2. The van der Waals surface area contributed by atoms with Crippen LogP contribution < -0.4 is 25.1 Å². The first-order valence-electron chi connectivity index (χ1n) is 15.5. The topological polar surface area (TPSA) is 115 Å². The van der Waals surface area contributed by atoms with Gasteiger partial charge in [0.2, 0.25) is 5.95 Å². The molecule has 0 amide bonds. The van der Waals surface area contributed by atoms with Crippen molar-refractivity contribution in [1.29, 1.82) is 0 Å². The third-order valence-electron chi connectivity index (χ3n) is 9.29. The highest BCUT2D eigenvalue weighted by Crippen LogP contribution is 2.69. The van der Waals surface area contributed by atoms with Crippen molar-refractivity contribution in [3.8, 4) is 28.7 Å². The molecule has 5 aromatic carbocycles. The lowest BCUT2D eigenvalue weighted by atomic mass is 9.70. The molecule has 8 rings (SSSR count). The summed E-state index contributed by atoms with van der Waals surface area (Å²) >= 11 is 0. The molecule has 238 valence electrons. The smallest absolute Gasteiger partial charge is 0.263 e. The van der Waals surface area contributed by atoms with Crippen molar-refractivity contribution in [2.24, 2.45) is 0 Å². The van der Waals surface area contributed by atoms with E-state index in [1.54, 1.807) is 19.2 Å². The Labute approximate surface area is 276 Å². The number of phenols is 1. The zero-order valence-corrected chi connectivity index (χ0v) is 26.1. The molecule has 0 radical (unpaired) electrons. The molecule has 1 aromatic heterocycles. The van der Waals surface area contributed by atoms with E-state index < -0.39 is 17.1 Å². The fourth-order valence-electron chi connectivity index (χ4n) is 7.31. The van der Waals surface area contributed by atoms with Crippen LogP contribution in [0, 0.1) is 0 Å². The van der Waals surface area contributed by atoms with Crippen LogP contribution in [0.1, 0.15) is 33.9 Å². The standard InChI is InChI=1S/C39H31N3O6/c1-46-29-20-18-25(19-21-29)39-33(24-12-6-3-7-13-24)32-35(38(39,45)34-30(47-2)22-28(43)23-31(34)48-39)41-37(40-26-14-8-4-9-15-26)42(36(32)44)27-16-10-5-11-17-27/h3-23,33,43,45H,1-2H3,(H,40,41)/t33-,38+,39+/m1/s1. The number of hydrogen-bond donors (Lipinski definition) is 3. The Morgan fingerprint density at radius 3 is 2.12 bits per heavy atom. The van der Waals surface area contributed by atoms with E-state index in [0.29, 0.717) is 22.7 Å². The first kappa shape index (κ1) is 29.3. The summed E-state index contributed by atoms with van der Waals surface area (Å²) in [5.41, 5.74) is -0.896. The third kappa shape index (κ3) is 4.07. The first-order valence-corrected chi connectivity index (χ1v) is 15.5. The van der Waals surface area contributed by atoms with Crippen molar-refractivity contribution >= 4 is 11.6 Å². The maximum Gasteiger partial charge on any atom is 0.263 e. The number of nitrogens with one attached hydrogen (secondary N) is 1. The third-order valence-corrected chi connectivity index (χ3v) is 9.29. The van der Waals surface area contributed by atoms with Crippen LogP contribution >= 0.6 is 0 Å². The molecule has 1 aliphatic heterocycles. The van der Waals surface area contributed by atoms with Crippen molar-refractivity contribution < 1.29 is 24.4 Å². The van der Waals surface area contributed by atoms with Gasteiger partial charge in [-0.3, -0.25) is 4.79 Å². The second-order valence-electron chi connectivity index (χ2n) is 11.8. The highest BCUT2D eigenvalue weighted by Gasteiger charge is 2.74. The predicted molar refractivity (Wildman–Crippen MR) is 181 cm³/mol. The van der Waals surface area contributed by atoms with Gasteiger partial charge in [0.15, 0.2) is 11.2 Å². The Morgan fingerprint density at radius 1 is 0.833 bits per heavy atom. The van der Waals surface area contributed by atoms with Crippen LogP contribution in [-0.4, -0.2) is 34.0 Å². The van der Waals surface area contributed by atoms with Gasteiger partial charge in [0.25, 0.3) is 5.56 Å². The molecule has 0 fully saturated rings. The second-order valence-corrected chi connectivity index (χ2v) is 11.8. The van der Waals surface area contributed by atoms with Crippen molar-refractivity contribution in [2.75, 3.05) is 19.5 Å². The second kappa shape index (κ2) is 11.0. The Bertz CT molecular complexity index is 2210. The molecular formula is C39H31N3O6. The predicted octanol–water partition coefficient (Wildman–Crippen LogP) is 6.37. The number of anilines is 2. The number of para-hydroxylation sites is 2. The number of benzene rings is 5. The Balaban J connectivity index is 1.53. The summed E-state index contributed by atoms with van der Waals surface area (Å²) in [7, 11) is 3.04. The summed E-state index contributed by atoms with van der Waals surface area (Å²) in [6.45, 7) is 0. The van der Waals surface area contributed by atoms with E-state index in [0.717, 1.165) is 5.56 Å². The molecule has 0 bridgehead atoms. The Kier molecular flexibility index (Phi) is 6.75. The van der Waals surface area contributed by atoms with Crippen LogP contribution in [0.25, 0.3) is 5.69 Å². The first-order chi connectivity index (χ1) is 23.4. The van der Waals surface area contributed by atoms with Gasteiger partial charge in [-0.1, -0.05) is 78.9 Å². The molecule has 6 aromatic rings. The highest BCUT2D eigenvalue weighted by molar-refractivity contribution is 5.70. The van der Waals surface area contributed by atoms with E-state index >= 15 is 4.79 Å². The molecule has 0 spiro atoms. The van der Waals surface area contributed by atoms with Crippen molar-refractivity contribution in [3.05, 3.63) is 166 Å². The molecule has 0 saturated carbocycles. The zero-order valence-electron chi connectivity index (χ0n) is 26.1. The lowest BCUT2D eigenvalue weighted by Gasteiger charge is -2.40. The van der Waals surface area contributed by atoms with E-state index in [2.05, 4.69) is 5.32 Å². The largest absolute Gasteiger partial charge is 0.508 e. The quantitative estimate of drug-likeness (QED) is 0.185. The van der Waals surface area contributed by atoms with Gasteiger partial charge < -0.3 is 29.7 Å². The number of methoxy groups -OCH3 is 2. The van der Waals surface area contributed by atoms with E-state index in [1.807, 2.05) is 103 Å². The van der Waals surface area contributed by atoms with Crippen LogP contribution in [0.5, 0.6) is 23.0 Å². The van der Waals surface area contributed by atoms with Gasteiger partial charge in [-0.05, 0) is 42.0 Å². The lowest BCUT2D eigenvalue weighted by Crippen LogP contribution is -2.49. The molecule has 48 heavy (non-hydrogen) atoms. The van der Waals surface area contributed by atoms with Crippen LogP contribution in [0.3, 0.4) is 0 Å². The van der Waals surface area contributed by atoms with Crippen molar-refractivity contribution in [3.63, 3.8) is 0 Å². The van der Waals surface area contributed by atoms with Crippen LogP contribution in [0.4, 0.5) is 11.6 Å². The number of aromatic hydroxyl groups is 1. The van der Waals surface area contributed by atoms with Gasteiger partial charge in [-0.15, -0.1) is 0 Å². The molecule has 2 aliphatic rings. The summed E-state index contributed by atoms with van der Waals surface area (Å²) in [6, 6.07) is 38.3. The minimum atomic E-state index is -2.08. The number of ether oxygens (including phenoxy) is 3. The van der Waals surface area contributed by atoms with E-state index in [9.17, 15) is 10.2 Å². The Hall–Kier alpha value is -6.06. The molecule has 1 aliphatic carbocycles. The number of nitrogens with zero attached hydrogens (tertiary/aromatic N) is 2. The molecule has 0 saturated heterocycles. The van der Waals surface area contributed by atoms with Crippen molar-refractivity contribution in [2.45, 2.75) is 17.1 Å². The number of phenolic OH excluding ortho intramolecular Hbond substituents is 1. The number of aliphatic hydroxyl groups is 1. The fraction of sp³-hybridized carbons (Fsp3) is 0.128. The zero-order chi connectivity index (χ0) is 33.0. The van der Waals surface area contributed by atoms with Crippen LogP contribution in [-0.2, 0) is 11.2 Å². The van der Waals surface area contributed by atoms with Crippen LogP contribution in [0.2, 0.25) is 0 Å². The molecule has 3 atom stereocenters. The van der Waals surface area contributed by atoms with Gasteiger partial charge in [0.1, 0.15) is 23.0 Å². The highest BCUT2D eigenvalue weighted by atomic mass is 16.5. The molecule has 9 heteroatoms. The normalized spacial score (nSPS) is 20.3. The van der Waals surface area contributed by atoms with E-state index in [1.165, 1.54) is 23.8 Å². The minimum Gasteiger partial charge on any atom is -0.508 e. The molecule has 9 nitrogen and oxygen atoms in total. The summed E-state index contributed by atoms with van der Waals surface area (Å²) in [5.74, 6) is 0.238. The minimum absolute atomic E-state index is 0.102. The van der Waals surface area contributed by atoms with Gasteiger partial charge >= 0.3 is 0 Å². The van der Waals surface area contributed by atoms with Gasteiger partial charge in [0.05, 0.1) is 42.6 Å². The van der Waals surface area contributed by atoms with E-state index in [4.69, 9.17) is 19.2 Å². The molecule has 2 heterocycles. The number of hydrogen-bond acceptors (Lipinski definition) is 8. The monoisotopic (exact) mass is 637 g/mol. The summed E-state index contributed by atoms with van der Waals surface area (Å²) in [6.07, 6.45) is 0. The summed E-state index contributed by atoms with van der Waals surface area (Å²) < 4.78 is 19.8. The van der Waals surface area contributed by atoms with E-state index in [-0.39, 0.29) is 45.6 Å². The lowest BCUT2D eigenvalue weighted by molar-refractivity contribution is -0.0909. The Morgan fingerprint density at radius 2 is 1.48 bits per heavy atom. The summed E-state index contributed by atoms with van der Waals surface area (Å²) in [5, 5.41) is 27.7. The molecule has 0 unspecified atom stereocenters. The van der Waals surface area contributed by atoms with Gasteiger partial charge in [0, 0.05) is 23.4 Å². The number of fused-ring (bicyclic) bond motifs is 5. The summed E-state index contributed by atoms with van der Waals surface area (Å²) in [4.78, 5) is 20.4. The van der Waals surface area contributed by atoms with Gasteiger partial charge in [-0.25, -0.2) is 9.55 Å².